The number of anilines is 4. The quantitative estimate of drug-likeness (QED) is 0.129. The Labute approximate surface area is 266 Å². The van der Waals surface area contributed by atoms with Crippen LogP contribution in [0.4, 0.5) is 27.4 Å². The Morgan fingerprint density at radius 3 is 2.56 bits per heavy atom. The third-order valence-electron chi connectivity index (χ3n) is 6.80. The number of halogens is 2. The maximum Gasteiger partial charge on any atom is 0.241 e. The van der Waals surface area contributed by atoms with Crippen molar-refractivity contribution in [1.29, 1.82) is 5.26 Å². The molecular formula is C31H37ClFN9O3. The van der Waals surface area contributed by atoms with E-state index in [-0.39, 0.29) is 24.2 Å². The van der Waals surface area contributed by atoms with E-state index in [1.165, 1.54) is 6.20 Å². The summed E-state index contributed by atoms with van der Waals surface area (Å²) in [5, 5.41) is 20.0. The highest BCUT2D eigenvalue weighted by Crippen LogP contribution is 2.38. The van der Waals surface area contributed by atoms with Crippen LogP contribution in [0.25, 0.3) is 22.2 Å². The summed E-state index contributed by atoms with van der Waals surface area (Å²) >= 11 is 4.43. The van der Waals surface area contributed by atoms with Crippen LogP contribution in [0, 0.1) is 11.3 Å². The number of H-pyrrole nitrogens is 1. The molecule has 0 aliphatic carbocycles. The first-order valence-electron chi connectivity index (χ1n) is 13.9. The average Bonchev–Trinajstić information content (AvgIpc) is 3.47. The second-order valence-electron chi connectivity index (χ2n) is 10.2. The van der Waals surface area contributed by atoms with Crippen LogP contribution >= 0.6 is 11.6 Å². The van der Waals surface area contributed by atoms with Gasteiger partial charge < -0.3 is 35.5 Å². The molecule has 0 spiro atoms. The van der Waals surface area contributed by atoms with Gasteiger partial charge in [-0.25, -0.2) is 14.4 Å². The summed E-state index contributed by atoms with van der Waals surface area (Å²) < 4.78 is 16.6. The summed E-state index contributed by atoms with van der Waals surface area (Å²) in [5.74, 6) is 0.664. The molecule has 0 radical (unpaired) electrons. The van der Waals surface area contributed by atoms with Crippen molar-refractivity contribution in [3.63, 3.8) is 0 Å². The fourth-order valence-electron chi connectivity index (χ4n) is 4.21. The first-order valence-corrected chi connectivity index (χ1v) is 14.4. The minimum absolute atomic E-state index is 0.0154. The van der Waals surface area contributed by atoms with Crippen molar-refractivity contribution in [2.45, 2.75) is 18.6 Å². The SMILES string of the molecule is CN[C@@H](C)C(=O)Nc1cc(Nc2ncc(C#N)c(-c3c[nH]c4ccccc34)n2)c(OC)cc1N(C)CCN(C)C.O=CC(F)Cl. The van der Waals surface area contributed by atoms with E-state index in [2.05, 4.69) is 53.4 Å². The van der Waals surface area contributed by atoms with E-state index in [4.69, 9.17) is 14.5 Å². The summed E-state index contributed by atoms with van der Waals surface area (Å²) in [4.78, 5) is 38.3. The van der Waals surface area contributed by atoms with Gasteiger partial charge in [-0.3, -0.25) is 9.59 Å². The van der Waals surface area contributed by atoms with E-state index in [1.807, 2.05) is 63.7 Å². The highest BCUT2D eigenvalue weighted by atomic mass is 35.5. The van der Waals surface area contributed by atoms with Crippen molar-refractivity contribution in [2.75, 3.05) is 63.9 Å². The summed E-state index contributed by atoms with van der Waals surface area (Å²) in [6.45, 7) is 3.36. The number of methoxy groups -OCH3 is 1. The minimum Gasteiger partial charge on any atom is -0.494 e. The molecular weight excluding hydrogens is 601 g/mol. The summed E-state index contributed by atoms with van der Waals surface area (Å²) in [6.07, 6.45) is 3.36. The van der Waals surface area contributed by atoms with E-state index in [9.17, 15) is 14.4 Å². The second-order valence-corrected chi connectivity index (χ2v) is 10.6. The molecule has 0 bridgehead atoms. The molecule has 2 aromatic heterocycles. The molecule has 2 aromatic carbocycles. The van der Waals surface area contributed by atoms with Gasteiger partial charge in [0.25, 0.3) is 0 Å². The molecule has 1 unspecified atom stereocenters. The van der Waals surface area contributed by atoms with Gasteiger partial charge in [0.05, 0.1) is 47.7 Å². The number of aromatic amines is 1. The molecule has 1 amide bonds. The van der Waals surface area contributed by atoms with E-state index < -0.39 is 5.63 Å². The Bertz CT molecular complexity index is 1660. The van der Waals surface area contributed by atoms with Crippen LogP contribution in [0.3, 0.4) is 0 Å². The van der Waals surface area contributed by atoms with Crippen LogP contribution in [-0.4, -0.2) is 92.1 Å². The smallest absolute Gasteiger partial charge is 0.241 e. The Hall–Kier alpha value is -4.77. The summed E-state index contributed by atoms with van der Waals surface area (Å²) in [7, 11) is 9.33. The predicted molar refractivity (Wildman–Crippen MR) is 176 cm³/mol. The van der Waals surface area contributed by atoms with Crippen LogP contribution in [0.5, 0.6) is 5.75 Å². The summed E-state index contributed by atoms with van der Waals surface area (Å²) in [5.41, 5.74) is 2.77. The Morgan fingerprint density at radius 2 is 1.93 bits per heavy atom. The Kier molecular flexibility index (Phi) is 12.6. The van der Waals surface area contributed by atoms with Crippen molar-refractivity contribution in [1.82, 2.24) is 25.2 Å². The number of hydrogen-bond acceptors (Lipinski definition) is 10. The predicted octanol–water partition coefficient (Wildman–Crippen LogP) is 4.51. The number of aromatic nitrogens is 3. The number of likely N-dealkylation sites (N-methyl/N-ethyl adjacent to an activating group) is 3. The van der Waals surface area contributed by atoms with Gasteiger partial charge in [0.15, 0.2) is 6.29 Å². The molecule has 0 aliphatic rings. The monoisotopic (exact) mass is 637 g/mol. The van der Waals surface area contributed by atoms with Crippen molar-refractivity contribution in [2.24, 2.45) is 0 Å². The largest absolute Gasteiger partial charge is 0.494 e. The molecule has 45 heavy (non-hydrogen) atoms. The number of nitrogens with zero attached hydrogens (tertiary/aromatic N) is 5. The molecule has 4 N–H and O–H groups in total. The Morgan fingerprint density at radius 1 is 1.22 bits per heavy atom. The lowest BCUT2D eigenvalue weighted by molar-refractivity contribution is -0.117. The highest BCUT2D eigenvalue weighted by molar-refractivity contribution is 6.26. The van der Waals surface area contributed by atoms with Crippen LogP contribution in [0.15, 0.2) is 48.8 Å². The minimum atomic E-state index is -1.82. The van der Waals surface area contributed by atoms with Gasteiger partial charge in [-0.15, -0.1) is 0 Å². The van der Waals surface area contributed by atoms with Gasteiger partial charge in [-0.05, 0) is 40.2 Å². The van der Waals surface area contributed by atoms with Crippen LogP contribution in [0.2, 0.25) is 0 Å². The topological polar surface area (TPSA) is 151 Å². The molecule has 0 aliphatic heterocycles. The van der Waals surface area contributed by atoms with Gasteiger partial charge in [-0.1, -0.05) is 29.8 Å². The maximum absolute atomic E-state index is 12.9. The number of para-hydroxylation sites is 1. The lowest BCUT2D eigenvalue weighted by Crippen LogP contribution is -2.36. The van der Waals surface area contributed by atoms with Crippen molar-refractivity contribution in [3.8, 4) is 23.1 Å². The molecule has 0 saturated carbocycles. The van der Waals surface area contributed by atoms with E-state index >= 15 is 0 Å². The number of aldehydes is 1. The molecule has 4 rings (SSSR count). The number of nitriles is 1. The number of carbonyl (C=O) groups is 2. The fourth-order valence-corrected chi connectivity index (χ4v) is 4.21. The average molecular weight is 638 g/mol. The Balaban J connectivity index is 0.00000102. The molecule has 0 fully saturated rings. The molecule has 2 atom stereocenters. The van der Waals surface area contributed by atoms with E-state index in [0.717, 1.165) is 35.2 Å². The van der Waals surface area contributed by atoms with Crippen LogP contribution < -0.4 is 25.6 Å². The number of rotatable bonds is 12. The van der Waals surface area contributed by atoms with Crippen LogP contribution in [0.1, 0.15) is 12.5 Å². The molecule has 12 nitrogen and oxygen atoms in total. The van der Waals surface area contributed by atoms with Crippen molar-refractivity contribution < 1.29 is 18.7 Å². The van der Waals surface area contributed by atoms with Crippen LogP contribution in [-0.2, 0) is 9.59 Å². The number of amides is 1. The van der Waals surface area contributed by atoms with Crippen molar-refractivity contribution in [3.05, 3.63) is 54.4 Å². The number of benzene rings is 2. The number of hydrogen-bond donors (Lipinski definition) is 4. The molecule has 0 saturated heterocycles. The van der Waals surface area contributed by atoms with Gasteiger partial charge in [0.2, 0.25) is 17.5 Å². The normalized spacial score (nSPS) is 12.0. The van der Waals surface area contributed by atoms with Gasteiger partial charge in [0, 0.05) is 48.9 Å². The zero-order valence-electron chi connectivity index (χ0n) is 26.0. The molecule has 4 aromatic rings. The summed E-state index contributed by atoms with van der Waals surface area (Å²) in [6, 6.07) is 13.3. The number of ether oxygens (including phenoxy) is 1. The van der Waals surface area contributed by atoms with E-state index in [0.29, 0.717) is 28.4 Å². The highest BCUT2D eigenvalue weighted by Gasteiger charge is 2.20. The standard InChI is InChI=1S/C29H35N9O2.C2H2ClFO/c1-18(31-2)28(39)34-23-13-24(26(40-6)14-25(23)38(5)12-11-37(3)4)35-29-33-16-19(15-30)27(36-29)21-17-32-22-10-8-7-9-20(21)22;3-2(4)1-5/h7-10,13-14,16-18,31-32H,11-12H2,1-6H3,(H,34,39)(H,33,35,36);1-2H/t18-;/m0./s1. The maximum atomic E-state index is 12.9. The zero-order valence-corrected chi connectivity index (χ0v) is 26.7. The first-order chi connectivity index (χ1) is 21.5. The second kappa shape index (κ2) is 16.3. The van der Waals surface area contributed by atoms with Gasteiger partial charge in [-0.2, -0.15) is 5.26 Å². The lowest BCUT2D eigenvalue weighted by atomic mass is 10.1. The van der Waals surface area contributed by atoms with Crippen molar-refractivity contribution >= 4 is 57.7 Å². The number of alkyl halides is 2. The third-order valence-corrected chi connectivity index (χ3v) is 6.90. The number of carbonyl (C=O) groups excluding carboxylic acids is 2. The molecule has 2 heterocycles. The first kappa shape index (κ1) is 34.7. The van der Waals surface area contributed by atoms with Gasteiger partial charge in [0.1, 0.15) is 11.8 Å². The fraction of sp³-hybridized carbons (Fsp3) is 0.323. The number of nitrogens with one attached hydrogen (secondary N) is 4. The number of fused-ring (bicyclic) bond motifs is 1. The third kappa shape index (κ3) is 9.12. The lowest BCUT2D eigenvalue weighted by Gasteiger charge is -2.26. The zero-order chi connectivity index (χ0) is 33.1. The molecule has 238 valence electrons. The molecule has 14 heteroatoms. The van der Waals surface area contributed by atoms with E-state index in [1.54, 1.807) is 21.1 Å². The van der Waals surface area contributed by atoms with Gasteiger partial charge >= 0.3 is 0 Å².